The van der Waals surface area contributed by atoms with Crippen LogP contribution in [0.15, 0.2) is 42.5 Å². The van der Waals surface area contributed by atoms with E-state index in [0.29, 0.717) is 0 Å². The Morgan fingerprint density at radius 2 is 1.68 bits per heavy atom. The standard InChI is InChI=1S/C20H21N5/c1-5-17-19(16-9-7-6-8-10-16)20-21-13(2)12-18(25(20)23-17)24-15(4)11-14(3)22-24/h6-12H,5H2,1-4H3. The molecule has 0 N–H and O–H groups in total. The van der Waals surface area contributed by atoms with Crippen LogP contribution in [0.2, 0.25) is 0 Å². The van der Waals surface area contributed by atoms with Crippen molar-refractivity contribution in [1.29, 1.82) is 0 Å². The second kappa shape index (κ2) is 5.84. The van der Waals surface area contributed by atoms with E-state index in [2.05, 4.69) is 49.3 Å². The van der Waals surface area contributed by atoms with E-state index in [9.17, 15) is 0 Å². The topological polar surface area (TPSA) is 48.0 Å². The molecule has 5 heteroatoms. The SMILES string of the molecule is CCc1nn2c(-n3nc(C)cc3C)cc(C)nc2c1-c1ccccc1. The quantitative estimate of drug-likeness (QED) is 0.568. The van der Waals surface area contributed by atoms with Crippen LogP contribution in [0, 0.1) is 20.8 Å². The zero-order chi connectivity index (χ0) is 17.6. The molecule has 0 aliphatic heterocycles. The summed E-state index contributed by atoms with van der Waals surface area (Å²) in [4.78, 5) is 4.80. The van der Waals surface area contributed by atoms with E-state index in [1.165, 1.54) is 0 Å². The molecule has 0 amide bonds. The van der Waals surface area contributed by atoms with Crippen molar-refractivity contribution >= 4 is 5.65 Å². The molecular formula is C20H21N5. The van der Waals surface area contributed by atoms with Crippen LogP contribution >= 0.6 is 0 Å². The van der Waals surface area contributed by atoms with Gasteiger partial charge in [0.25, 0.3) is 0 Å². The van der Waals surface area contributed by atoms with E-state index in [1.807, 2.05) is 35.2 Å². The summed E-state index contributed by atoms with van der Waals surface area (Å²) in [5, 5.41) is 9.51. The molecule has 0 saturated heterocycles. The maximum Gasteiger partial charge on any atom is 0.165 e. The third kappa shape index (κ3) is 2.52. The van der Waals surface area contributed by atoms with Gasteiger partial charge in [0.05, 0.1) is 11.4 Å². The van der Waals surface area contributed by atoms with E-state index < -0.39 is 0 Å². The molecule has 0 aliphatic carbocycles. The van der Waals surface area contributed by atoms with Crippen molar-refractivity contribution < 1.29 is 0 Å². The Balaban J connectivity index is 2.08. The van der Waals surface area contributed by atoms with Crippen LogP contribution in [0.3, 0.4) is 0 Å². The Morgan fingerprint density at radius 3 is 2.32 bits per heavy atom. The Labute approximate surface area is 147 Å². The number of aromatic nitrogens is 5. The summed E-state index contributed by atoms with van der Waals surface area (Å²) in [5.41, 5.74) is 7.21. The fourth-order valence-corrected chi connectivity index (χ4v) is 3.32. The lowest BCUT2D eigenvalue weighted by Gasteiger charge is -2.08. The van der Waals surface area contributed by atoms with Crippen LogP contribution in [-0.2, 0) is 6.42 Å². The minimum absolute atomic E-state index is 0.850. The third-order valence-electron chi connectivity index (χ3n) is 4.39. The molecule has 4 aromatic rings. The van der Waals surface area contributed by atoms with Gasteiger partial charge in [-0.1, -0.05) is 37.3 Å². The van der Waals surface area contributed by atoms with E-state index in [-0.39, 0.29) is 0 Å². The summed E-state index contributed by atoms with van der Waals surface area (Å²) >= 11 is 0. The highest BCUT2D eigenvalue weighted by Gasteiger charge is 2.19. The molecule has 3 heterocycles. The Hall–Kier alpha value is -2.95. The smallest absolute Gasteiger partial charge is 0.165 e. The molecule has 0 saturated carbocycles. The van der Waals surface area contributed by atoms with Crippen molar-refractivity contribution in [2.45, 2.75) is 34.1 Å². The number of hydrogen-bond acceptors (Lipinski definition) is 3. The molecule has 4 rings (SSSR count). The largest absolute Gasteiger partial charge is 0.233 e. The van der Waals surface area contributed by atoms with E-state index in [4.69, 9.17) is 10.1 Å². The van der Waals surface area contributed by atoms with Crippen molar-refractivity contribution in [3.8, 4) is 16.9 Å². The molecule has 0 atom stereocenters. The van der Waals surface area contributed by atoms with Crippen molar-refractivity contribution in [3.63, 3.8) is 0 Å². The summed E-state index contributed by atoms with van der Waals surface area (Å²) in [6.07, 6.45) is 0.850. The zero-order valence-electron chi connectivity index (χ0n) is 15.0. The van der Waals surface area contributed by atoms with E-state index in [0.717, 1.165) is 51.8 Å². The minimum Gasteiger partial charge on any atom is -0.233 e. The first kappa shape index (κ1) is 15.6. The lowest BCUT2D eigenvalue weighted by atomic mass is 10.0. The Morgan fingerprint density at radius 1 is 0.920 bits per heavy atom. The van der Waals surface area contributed by atoms with Crippen molar-refractivity contribution in [2.24, 2.45) is 0 Å². The molecule has 3 aromatic heterocycles. The molecule has 0 fully saturated rings. The molecule has 126 valence electrons. The van der Waals surface area contributed by atoms with Crippen molar-refractivity contribution in [3.05, 3.63) is 65.2 Å². The second-order valence-electron chi connectivity index (χ2n) is 6.37. The van der Waals surface area contributed by atoms with Gasteiger partial charge >= 0.3 is 0 Å². The maximum absolute atomic E-state index is 4.87. The van der Waals surface area contributed by atoms with Gasteiger partial charge in [0, 0.05) is 23.0 Å². The van der Waals surface area contributed by atoms with Crippen LogP contribution in [0.25, 0.3) is 22.6 Å². The lowest BCUT2D eigenvalue weighted by Crippen LogP contribution is -2.08. The number of fused-ring (bicyclic) bond motifs is 1. The molecule has 1 aromatic carbocycles. The summed E-state index contributed by atoms with van der Waals surface area (Å²) in [6.45, 7) is 8.21. The van der Waals surface area contributed by atoms with Gasteiger partial charge in [-0.05, 0) is 38.8 Å². The van der Waals surface area contributed by atoms with Gasteiger partial charge in [0.2, 0.25) is 0 Å². The van der Waals surface area contributed by atoms with Crippen LogP contribution in [0.4, 0.5) is 0 Å². The molecule has 0 spiro atoms. The first-order chi connectivity index (χ1) is 12.1. The number of rotatable bonds is 3. The van der Waals surface area contributed by atoms with Gasteiger partial charge in [-0.25, -0.2) is 9.67 Å². The Kier molecular flexibility index (Phi) is 3.64. The predicted molar refractivity (Wildman–Crippen MR) is 99.1 cm³/mol. The van der Waals surface area contributed by atoms with Crippen LogP contribution < -0.4 is 0 Å². The van der Waals surface area contributed by atoms with E-state index >= 15 is 0 Å². The van der Waals surface area contributed by atoms with Gasteiger partial charge in [-0.3, -0.25) is 0 Å². The highest BCUT2D eigenvalue weighted by atomic mass is 15.4. The number of benzene rings is 1. The summed E-state index contributed by atoms with van der Waals surface area (Å²) in [7, 11) is 0. The number of hydrogen-bond donors (Lipinski definition) is 0. The van der Waals surface area contributed by atoms with Gasteiger partial charge in [-0.2, -0.15) is 14.7 Å². The van der Waals surface area contributed by atoms with E-state index in [1.54, 1.807) is 0 Å². The summed E-state index contributed by atoms with van der Waals surface area (Å²) < 4.78 is 3.87. The second-order valence-corrected chi connectivity index (χ2v) is 6.37. The minimum atomic E-state index is 0.850. The first-order valence-corrected chi connectivity index (χ1v) is 8.56. The Bertz CT molecular complexity index is 1060. The van der Waals surface area contributed by atoms with Crippen molar-refractivity contribution in [1.82, 2.24) is 24.4 Å². The third-order valence-corrected chi connectivity index (χ3v) is 4.39. The van der Waals surface area contributed by atoms with Gasteiger partial charge in [0.1, 0.15) is 0 Å². The van der Waals surface area contributed by atoms with Crippen molar-refractivity contribution in [2.75, 3.05) is 0 Å². The average molecular weight is 331 g/mol. The monoisotopic (exact) mass is 331 g/mol. The predicted octanol–water partition coefficient (Wildman–Crippen LogP) is 4.07. The molecule has 0 aliphatic rings. The van der Waals surface area contributed by atoms with Crippen LogP contribution in [-0.4, -0.2) is 24.4 Å². The fraction of sp³-hybridized carbons (Fsp3) is 0.250. The normalized spacial score (nSPS) is 11.4. The molecule has 0 unspecified atom stereocenters. The average Bonchev–Trinajstić information content (AvgIpc) is 3.14. The van der Waals surface area contributed by atoms with Crippen LogP contribution in [0.5, 0.6) is 0 Å². The molecule has 25 heavy (non-hydrogen) atoms. The summed E-state index contributed by atoms with van der Waals surface area (Å²) in [5.74, 6) is 0.921. The first-order valence-electron chi connectivity index (χ1n) is 8.56. The molecule has 5 nitrogen and oxygen atoms in total. The van der Waals surface area contributed by atoms with Crippen LogP contribution in [0.1, 0.15) is 29.7 Å². The molecule has 0 bridgehead atoms. The maximum atomic E-state index is 4.87. The zero-order valence-corrected chi connectivity index (χ0v) is 15.0. The summed E-state index contributed by atoms with van der Waals surface area (Å²) in [6, 6.07) is 14.5. The van der Waals surface area contributed by atoms with Gasteiger partial charge in [-0.15, -0.1) is 0 Å². The number of aryl methyl sites for hydroxylation is 4. The molecular weight excluding hydrogens is 310 g/mol. The highest BCUT2D eigenvalue weighted by molar-refractivity contribution is 5.80. The fourth-order valence-electron chi connectivity index (χ4n) is 3.32. The molecule has 0 radical (unpaired) electrons. The van der Waals surface area contributed by atoms with Gasteiger partial charge in [0.15, 0.2) is 11.5 Å². The lowest BCUT2D eigenvalue weighted by molar-refractivity contribution is 0.745. The number of nitrogens with zero attached hydrogens (tertiary/aromatic N) is 5. The van der Waals surface area contributed by atoms with Gasteiger partial charge < -0.3 is 0 Å². The highest BCUT2D eigenvalue weighted by Crippen LogP contribution is 2.29.